The van der Waals surface area contributed by atoms with E-state index in [0.29, 0.717) is 19.5 Å². The van der Waals surface area contributed by atoms with E-state index in [1.807, 2.05) is 59.5 Å². The van der Waals surface area contributed by atoms with Crippen molar-refractivity contribution in [2.45, 2.75) is 19.0 Å². The van der Waals surface area contributed by atoms with E-state index >= 15 is 0 Å². The summed E-state index contributed by atoms with van der Waals surface area (Å²) < 4.78 is 0. The van der Waals surface area contributed by atoms with Crippen molar-refractivity contribution in [2.24, 2.45) is 0 Å². The average Bonchev–Trinajstić information content (AvgIpc) is 2.80. The van der Waals surface area contributed by atoms with E-state index in [1.165, 1.54) is 0 Å². The van der Waals surface area contributed by atoms with Crippen LogP contribution in [-0.2, 0) is 11.3 Å². The third kappa shape index (κ3) is 3.67. The minimum absolute atomic E-state index is 0.0718. The molecule has 150 valence electrons. The van der Waals surface area contributed by atoms with E-state index in [-0.39, 0.29) is 11.9 Å². The zero-order valence-corrected chi connectivity index (χ0v) is 17.1. The molecule has 0 aliphatic carbocycles. The van der Waals surface area contributed by atoms with Gasteiger partial charge in [-0.1, -0.05) is 78.9 Å². The van der Waals surface area contributed by atoms with Gasteiger partial charge in [0.05, 0.1) is 12.2 Å². The summed E-state index contributed by atoms with van der Waals surface area (Å²) in [4.78, 5) is 18.0. The third-order valence-electron chi connectivity index (χ3n) is 5.53. The number of carbonyl (C=O) groups is 1. The van der Waals surface area contributed by atoms with Gasteiger partial charge in [0.25, 0.3) is 0 Å². The van der Waals surface area contributed by atoms with Crippen molar-refractivity contribution in [1.82, 2.24) is 0 Å². The maximum absolute atomic E-state index is 14.0. The zero-order valence-electron chi connectivity index (χ0n) is 17.1. The minimum atomic E-state index is -0.348. The highest BCUT2D eigenvalue weighted by Gasteiger charge is 2.34. The van der Waals surface area contributed by atoms with E-state index in [4.69, 9.17) is 0 Å². The van der Waals surface area contributed by atoms with Gasteiger partial charge in [0.15, 0.2) is 0 Å². The highest BCUT2D eigenvalue weighted by atomic mass is 16.2. The van der Waals surface area contributed by atoms with Gasteiger partial charge in [0.1, 0.15) is 6.04 Å². The smallest absolute Gasteiger partial charge is 0.250 e. The molecule has 0 fully saturated rings. The van der Waals surface area contributed by atoms with Crippen LogP contribution < -0.4 is 9.80 Å². The van der Waals surface area contributed by atoms with E-state index < -0.39 is 0 Å². The molecule has 4 rings (SSSR count). The number of carbonyl (C=O) groups excluding carboxylic acids is 1. The van der Waals surface area contributed by atoms with E-state index in [2.05, 4.69) is 54.5 Å². The summed E-state index contributed by atoms with van der Waals surface area (Å²) in [5.41, 5.74) is 5.26. The maximum Gasteiger partial charge on any atom is 0.250 e. The summed E-state index contributed by atoms with van der Waals surface area (Å²) in [5.74, 6) is 0.0718. The van der Waals surface area contributed by atoms with Crippen molar-refractivity contribution in [2.75, 3.05) is 16.3 Å². The van der Waals surface area contributed by atoms with E-state index in [9.17, 15) is 4.79 Å². The average molecular weight is 395 g/mol. The monoisotopic (exact) mass is 394 g/mol. The van der Waals surface area contributed by atoms with Crippen LogP contribution in [0.15, 0.2) is 104 Å². The van der Waals surface area contributed by atoms with Gasteiger partial charge in [-0.25, -0.2) is 0 Å². The molecule has 0 bridgehead atoms. The fraction of sp³-hybridized carbons (Fsp3) is 0.148. The summed E-state index contributed by atoms with van der Waals surface area (Å²) in [6, 6.07) is 26.3. The van der Waals surface area contributed by atoms with Crippen LogP contribution in [0.1, 0.15) is 12.0 Å². The number of anilines is 2. The Hall–Kier alpha value is -3.59. The summed E-state index contributed by atoms with van der Waals surface area (Å²) in [6.07, 6.45) is 4.25. The lowest BCUT2D eigenvalue weighted by Gasteiger charge is -2.39. The van der Waals surface area contributed by atoms with Crippen LogP contribution in [0.5, 0.6) is 0 Å². The highest BCUT2D eigenvalue weighted by molar-refractivity contribution is 6.05. The predicted octanol–water partition coefficient (Wildman–Crippen LogP) is 5.84. The van der Waals surface area contributed by atoms with Gasteiger partial charge in [0, 0.05) is 23.4 Å². The topological polar surface area (TPSA) is 23.6 Å². The first kappa shape index (κ1) is 19.7. The molecular formula is C27H26N2O. The van der Waals surface area contributed by atoms with Crippen LogP contribution in [0.2, 0.25) is 0 Å². The molecule has 1 heterocycles. The molecule has 0 radical (unpaired) electrons. The lowest BCUT2D eigenvalue weighted by Crippen LogP contribution is -2.50. The first-order valence-electron chi connectivity index (χ1n) is 10.3. The molecule has 0 spiro atoms. The summed E-state index contributed by atoms with van der Waals surface area (Å²) in [5, 5.41) is 0. The Kier molecular flexibility index (Phi) is 5.80. The van der Waals surface area contributed by atoms with Crippen molar-refractivity contribution in [3.05, 3.63) is 110 Å². The molecule has 3 aromatic rings. The molecule has 0 saturated carbocycles. The first-order valence-corrected chi connectivity index (χ1v) is 10.3. The second kappa shape index (κ2) is 8.83. The molecule has 0 unspecified atom stereocenters. The highest BCUT2D eigenvalue weighted by Crippen LogP contribution is 2.41. The van der Waals surface area contributed by atoms with Crippen LogP contribution in [0, 0.1) is 0 Å². The maximum atomic E-state index is 14.0. The Morgan fingerprint density at radius 1 is 0.767 bits per heavy atom. The van der Waals surface area contributed by atoms with Gasteiger partial charge in [-0.15, -0.1) is 13.2 Å². The molecular weight excluding hydrogens is 368 g/mol. The molecule has 0 N–H and O–H groups in total. The Labute approximate surface area is 178 Å². The van der Waals surface area contributed by atoms with Crippen LogP contribution >= 0.6 is 0 Å². The predicted molar refractivity (Wildman–Crippen MR) is 126 cm³/mol. The van der Waals surface area contributed by atoms with Crippen LogP contribution in [0.25, 0.3) is 11.1 Å². The van der Waals surface area contributed by atoms with Crippen molar-refractivity contribution >= 4 is 17.3 Å². The first-order chi connectivity index (χ1) is 14.7. The third-order valence-corrected chi connectivity index (χ3v) is 5.53. The lowest BCUT2D eigenvalue weighted by molar-refractivity contribution is -0.120. The quantitative estimate of drug-likeness (QED) is 0.491. The summed E-state index contributed by atoms with van der Waals surface area (Å²) >= 11 is 0. The SMILES string of the molecule is C=CC[C@H]1C(=O)N(Cc2ccccc2)c2ccccc2-c2ccccc2N1CC=C. The zero-order chi connectivity index (χ0) is 20.9. The normalized spacial score (nSPS) is 15.6. The number of nitrogens with zero attached hydrogens (tertiary/aromatic N) is 2. The van der Waals surface area contributed by atoms with Crippen molar-refractivity contribution in [3.63, 3.8) is 0 Å². The number of amides is 1. The largest absolute Gasteiger partial charge is 0.355 e. The number of fused-ring (bicyclic) bond motifs is 3. The van der Waals surface area contributed by atoms with E-state index in [1.54, 1.807) is 0 Å². The fourth-order valence-corrected chi connectivity index (χ4v) is 4.17. The molecule has 1 aliphatic rings. The van der Waals surface area contributed by atoms with Crippen molar-refractivity contribution in [1.29, 1.82) is 0 Å². The summed E-state index contributed by atoms with van der Waals surface area (Å²) in [6.45, 7) is 8.97. The van der Waals surface area contributed by atoms with E-state index in [0.717, 1.165) is 28.1 Å². The van der Waals surface area contributed by atoms with Gasteiger partial charge in [-0.3, -0.25) is 4.79 Å². The number of rotatable bonds is 6. The Morgan fingerprint density at radius 2 is 1.37 bits per heavy atom. The Bertz CT molecular complexity index is 1060. The molecule has 3 aromatic carbocycles. The Morgan fingerprint density at radius 3 is 2.03 bits per heavy atom. The summed E-state index contributed by atoms with van der Waals surface area (Å²) in [7, 11) is 0. The molecule has 30 heavy (non-hydrogen) atoms. The molecule has 3 nitrogen and oxygen atoms in total. The lowest BCUT2D eigenvalue weighted by atomic mass is 9.95. The molecule has 0 saturated heterocycles. The molecule has 1 amide bonds. The van der Waals surface area contributed by atoms with Gasteiger partial charge in [-0.05, 0) is 24.1 Å². The second-order valence-electron chi connectivity index (χ2n) is 7.43. The van der Waals surface area contributed by atoms with Crippen LogP contribution in [0.4, 0.5) is 11.4 Å². The number of para-hydroxylation sites is 2. The van der Waals surface area contributed by atoms with Crippen molar-refractivity contribution < 1.29 is 4.79 Å². The molecule has 1 atom stereocenters. The number of hydrogen-bond acceptors (Lipinski definition) is 2. The van der Waals surface area contributed by atoms with Gasteiger partial charge in [-0.2, -0.15) is 0 Å². The van der Waals surface area contributed by atoms with Crippen LogP contribution in [-0.4, -0.2) is 18.5 Å². The van der Waals surface area contributed by atoms with Crippen molar-refractivity contribution in [3.8, 4) is 11.1 Å². The van der Waals surface area contributed by atoms with Gasteiger partial charge >= 0.3 is 0 Å². The Balaban J connectivity index is 1.94. The molecule has 0 aromatic heterocycles. The number of hydrogen-bond donors (Lipinski definition) is 0. The molecule has 3 heteroatoms. The number of benzene rings is 3. The fourth-order valence-electron chi connectivity index (χ4n) is 4.17. The van der Waals surface area contributed by atoms with Gasteiger partial charge < -0.3 is 9.80 Å². The second-order valence-corrected chi connectivity index (χ2v) is 7.43. The standard InChI is InChI=1S/C27H26N2O/c1-3-12-26-27(30)29(20-21-13-6-5-7-14-21)25-18-11-9-16-23(25)22-15-8-10-17-24(22)28(26)19-4-2/h3-11,13-18,26H,1-2,12,19-20H2/t26-/m0/s1. The van der Waals surface area contributed by atoms with Crippen LogP contribution in [0.3, 0.4) is 0 Å². The molecule has 1 aliphatic heterocycles. The minimum Gasteiger partial charge on any atom is -0.355 e. The van der Waals surface area contributed by atoms with Gasteiger partial charge in [0.2, 0.25) is 5.91 Å².